The van der Waals surface area contributed by atoms with Crippen LogP contribution in [-0.4, -0.2) is 49.0 Å². The van der Waals surface area contributed by atoms with Crippen molar-refractivity contribution < 1.29 is 9.53 Å². The van der Waals surface area contributed by atoms with E-state index in [1.807, 2.05) is 19.2 Å². The number of piperidine rings is 1. The van der Waals surface area contributed by atoms with Gasteiger partial charge in [0.25, 0.3) is 0 Å². The van der Waals surface area contributed by atoms with Crippen LogP contribution in [-0.2, 0) is 9.53 Å². The molecule has 5 fully saturated rings. The minimum absolute atomic E-state index is 0.0178. The van der Waals surface area contributed by atoms with Crippen LogP contribution in [0.2, 0.25) is 0 Å². The number of carbonyl (C=O) groups is 1. The topological polar surface area (TPSA) is 53.6 Å². The standard InChI is InChI=1S/C36H47N3O2/c1-4-25-7-9-29-30(22-35(18-19-35)39-20-6-13-34(24-39)16-17-34)32(40)36(31(29)10-8-25)14-11-27(12-15-36)41-28-21-26(5-2)33(37-3)38-23-28/h4-5,7,9-10,21,27,30,37-38H,1-2,6,8,11-20,22-24H2,3H3. The van der Waals surface area contributed by atoms with E-state index in [1.54, 1.807) is 0 Å². The molecular weight excluding hydrogens is 506 g/mol. The zero-order valence-electron chi connectivity index (χ0n) is 24.9. The Balaban J connectivity index is 1.11. The average Bonchev–Trinajstić information content (AvgIpc) is 3.93. The van der Waals surface area contributed by atoms with Gasteiger partial charge in [0.15, 0.2) is 5.78 Å². The van der Waals surface area contributed by atoms with Gasteiger partial charge in [-0.1, -0.05) is 43.5 Å². The second-order valence-corrected chi connectivity index (χ2v) is 13.9. The quantitative estimate of drug-likeness (QED) is 0.364. The molecule has 2 aliphatic heterocycles. The molecular formula is C36H47N3O2. The van der Waals surface area contributed by atoms with Gasteiger partial charge in [-0.3, -0.25) is 9.69 Å². The SMILES string of the molecule is C=CC1=CC=C2C(=CC1)C1(CCC(OC3=CC(C=C)=C(NC)NC3)CC1)C(=O)C2CC1(N2CCCC3(CC3)C2)CC1. The van der Waals surface area contributed by atoms with Crippen LogP contribution in [0.3, 0.4) is 0 Å². The number of nitrogens with one attached hydrogen (secondary N) is 2. The Labute approximate surface area is 246 Å². The van der Waals surface area contributed by atoms with E-state index in [4.69, 9.17) is 4.74 Å². The van der Waals surface area contributed by atoms with Crippen molar-refractivity contribution in [3.05, 3.63) is 83.5 Å². The summed E-state index contributed by atoms with van der Waals surface area (Å²) < 4.78 is 6.53. The van der Waals surface area contributed by atoms with E-state index in [2.05, 4.69) is 53.0 Å². The summed E-state index contributed by atoms with van der Waals surface area (Å²) in [7, 11) is 1.91. The third-order valence-electron chi connectivity index (χ3n) is 11.6. The van der Waals surface area contributed by atoms with E-state index in [-0.39, 0.29) is 23.0 Å². The number of Topliss-reactive ketones (excluding diaryl/α,β-unsaturated/α-hetero) is 1. The van der Waals surface area contributed by atoms with Gasteiger partial charge in [0.2, 0.25) is 0 Å². The molecule has 41 heavy (non-hydrogen) atoms. The van der Waals surface area contributed by atoms with Gasteiger partial charge in [0.05, 0.1) is 18.1 Å². The summed E-state index contributed by atoms with van der Waals surface area (Å²) in [6, 6.07) is 0. The lowest BCUT2D eigenvalue weighted by Gasteiger charge is -2.40. The minimum atomic E-state index is -0.360. The van der Waals surface area contributed by atoms with Crippen molar-refractivity contribution in [3.8, 4) is 0 Å². The molecule has 0 aromatic heterocycles. The molecule has 1 saturated heterocycles. The molecule has 1 unspecified atom stereocenters. The minimum Gasteiger partial charge on any atom is -0.493 e. The number of ether oxygens (including phenoxy) is 1. The summed E-state index contributed by atoms with van der Waals surface area (Å²) in [6.07, 6.45) is 26.5. The number of carbonyl (C=O) groups excluding carboxylic acids is 1. The molecule has 0 amide bonds. The Morgan fingerprint density at radius 3 is 2.59 bits per heavy atom. The molecule has 0 aromatic rings. The molecule has 218 valence electrons. The Kier molecular flexibility index (Phi) is 6.72. The fourth-order valence-corrected chi connectivity index (χ4v) is 8.78. The largest absolute Gasteiger partial charge is 0.493 e. The maximum Gasteiger partial charge on any atom is 0.150 e. The molecule has 0 radical (unpaired) electrons. The Morgan fingerprint density at radius 2 is 1.90 bits per heavy atom. The predicted octanol–water partition coefficient (Wildman–Crippen LogP) is 6.40. The first-order chi connectivity index (χ1) is 19.9. The molecule has 7 rings (SSSR count). The van der Waals surface area contributed by atoms with E-state index in [1.165, 1.54) is 68.3 Å². The number of dihydropyridines is 1. The third kappa shape index (κ3) is 4.69. The highest BCUT2D eigenvalue weighted by molar-refractivity contribution is 5.99. The molecule has 2 spiro atoms. The van der Waals surface area contributed by atoms with Gasteiger partial charge in [0, 0.05) is 30.6 Å². The number of rotatable bonds is 8. The van der Waals surface area contributed by atoms with Gasteiger partial charge in [0.1, 0.15) is 11.6 Å². The highest BCUT2D eigenvalue weighted by Gasteiger charge is 2.60. The highest BCUT2D eigenvalue weighted by Crippen LogP contribution is 2.61. The molecule has 7 aliphatic rings. The van der Waals surface area contributed by atoms with E-state index in [0.717, 1.165) is 55.7 Å². The average molecular weight is 554 g/mol. The van der Waals surface area contributed by atoms with Crippen LogP contribution in [0.4, 0.5) is 0 Å². The van der Waals surface area contributed by atoms with Gasteiger partial charge < -0.3 is 15.4 Å². The van der Waals surface area contributed by atoms with E-state index in [9.17, 15) is 4.79 Å². The van der Waals surface area contributed by atoms with Crippen LogP contribution in [0.1, 0.15) is 77.0 Å². The van der Waals surface area contributed by atoms with Crippen LogP contribution in [0.25, 0.3) is 0 Å². The lowest BCUT2D eigenvalue weighted by molar-refractivity contribution is -0.130. The van der Waals surface area contributed by atoms with Crippen LogP contribution in [0.5, 0.6) is 0 Å². The van der Waals surface area contributed by atoms with Crippen molar-refractivity contribution in [2.24, 2.45) is 16.7 Å². The van der Waals surface area contributed by atoms with Crippen molar-refractivity contribution in [1.29, 1.82) is 0 Å². The molecule has 5 aliphatic carbocycles. The summed E-state index contributed by atoms with van der Waals surface area (Å²) in [5, 5.41) is 6.60. The number of ketones is 1. The van der Waals surface area contributed by atoms with Gasteiger partial charge >= 0.3 is 0 Å². The summed E-state index contributed by atoms with van der Waals surface area (Å²) in [5.74, 6) is 2.46. The summed E-state index contributed by atoms with van der Waals surface area (Å²) >= 11 is 0. The first-order valence-electron chi connectivity index (χ1n) is 16.1. The number of hydrogen-bond acceptors (Lipinski definition) is 5. The van der Waals surface area contributed by atoms with Gasteiger partial charge in [-0.05, 0) is 112 Å². The van der Waals surface area contributed by atoms with Crippen LogP contribution < -0.4 is 10.6 Å². The lowest BCUT2D eigenvalue weighted by atomic mass is 9.68. The van der Waals surface area contributed by atoms with E-state index in [0.29, 0.717) is 17.7 Å². The van der Waals surface area contributed by atoms with Crippen molar-refractivity contribution in [2.45, 2.75) is 88.7 Å². The maximum absolute atomic E-state index is 14.7. The fourth-order valence-electron chi connectivity index (χ4n) is 8.78. The molecule has 4 saturated carbocycles. The number of likely N-dealkylation sites (tertiary alicyclic amines) is 1. The smallest absolute Gasteiger partial charge is 0.150 e. The normalized spacial score (nSPS) is 33.5. The number of hydrogen-bond donors (Lipinski definition) is 2. The Hall–Kier alpha value is -2.79. The zero-order valence-corrected chi connectivity index (χ0v) is 24.9. The van der Waals surface area contributed by atoms with Gasteiger partial charge in [-0.15, -0.1) is 0 Å². The third-order valence-corrected chi connectivity index (χ3v) is 11.6. The van der Waals surface area contributed by atoms with Gasteiger partial charge in [-0.25, -0.2) is 0 Å². The number of fused-ring (bicyclic) bond motifs is 2. The van der Waals surface area contributed by atoms with Crippen molar-refractivity contribution in [2.75, 3.05) is 26.7 Å². The second-order valence-electron chi connectivity index (χ2n) is 13.9. The Bertz CT molecular complexity index is 1290. The molecule has 1 atom stereocenters. The fraction of sp³-hybridized carbons (Fsp3) is 0.583. The van der Waals surface area contributed by atoms with Crippen LogP contribution in [0.15, 0.2) is 83.5 Å². The summed E-state index contributed by atoms with van der Waals surface area (Å²) in [4.78, 5) is 17.5. The van der Waals surface area contributed by atoms with Gasteiger partial charge in [-0.2, -0.15) is 0 Å². The highest BCUT2D eigenvalue weighted by atomic mass is 16.5. The molecule has 0 bridgehead atoms. The molecule has 2 N–H and O–H groups in total. The van der Waals surface area contributed by atoms with Crippen molar-refractivity contribution >= 4 is 5.78 Å². The van der Waals surface area contributed by atoms with Crippen LogP contribution in [0, 0.1) is 16.7 Å². The molecule has 5 heteroatoms. The first-order valence-corrected chi connectivity index (χ1v) is 16.1. The summed E-state index contributed by atoms with van der Waals surface area (Å²) in [5.41, 5.74) is 5.41. The van der Waals surface area contributed by atoms with Crippen molar-refractivity contribution in [3.63, 3.8) is 0 Å². The van der Waals surface area contributed by atoms with Crippen molar-refractivity contribution in [1.82, 2.24) is 15.5 Å². The molecule has 5 nitrogen and oxygen atoms in total. The zero-order chi connectivity index (χ0) is 28.2. The Morgan fingerprint density at radius 1 is 1.10 bits per heavy atom. The number of allylic oxidation sites excluding steroid dienone is 10. The summed E-state index contributed by atoms with van der Waals surface area (Å²) in [6.45, 7) is 11.2. The van der Waals surface area contributed by atoms with E-state index >= 15 is 0 Å². The second kappa shape index (κ2) is 10.2. The first kappa shape index (κ1) is 27.1. The maximum atomic E-state index is 14.7. The monoisotopic (exact) mass is 553 g/mol. The van der Waals surface area contributed by atoms with Crippen LogP contribution >= 0.6 is 0 Å². The number of nitrogens with zero attached hydrogens (tertiary/aromatic N) is 1. The van der Waals surface area contributed by atoms with E-state index < -0.39 is 0 Å². The predicted molar refractivity (Wildman–Crippen MR) is 165 cm³/mol. The molecule has 0 aromatic carbocycles. The lowest BCUT2D eigenvalue weighted by Crippen LogP contribution is -2.46. The molecule has 2 heterocycles.